The maximum Gasteiger partial charge on any atom is 0.416 e. The van der Waals surface area contributed by atoms with Crippen molar-refractivity contribution in [3.05, 3.63) is 58.6 Å². The fourth-order valence-electron chi connectivity index (χ4n) is 2.27. The van der Waals surface area contributed by atoms with Crippen LogP contribution in [0.2, 0.25) is 5.02 Å². The zero-order valence-electron chi connectivity index (χ0n) is 12.9. The molecule has 8 heteroatoms. The average Bonchev–Trinajstić information content (AvgIpc) is 2.46. The van der Waals surface area contributed by atoms with Crippen molar-refractivity contribution in [3.63, 3.8) is 0 Å². The van der Waals surface area contributed by atoms with Gasteiger partial charge in [0, 0.05) is 6.54 Å². The summed E-state index contributed by atoms with van der Waals surface area (Å²) >= 11 is 5.88. The molecule has 0 spiro atoms. The van der Waals surface area contributed by atoms with E-state index in [4.69, 9.17) is 11.6 Å². The lowest BCUT2D eigenvalue weighted by atomic mass is 10.2. The largest absolute Gasteiger partial charge is 0.416 e. The van der Waals surface area contributed by atoms with Crippen molar-refractivity contribution in [1.29, 1.82) is 0 Å². The lowest BCUT2D eigenvalue weighted by Gasteiger charge is -2.24. The Morgan fingerprint density at radius 3 is 2.33 bits per heavy atom. The molecule has 0 atom stereocenters. The van der Waals surface area contributed by atoms with Crippen molar-refractivity contribution in [1.82, 2.24) is 0 Å². The lowest BCUT2D eigenvalue weighted by Crippen LogP contribution is -2.31. The molecular formula is C16H15ClF3NO2S. The van der Waals surface area contributed by atoms with Gasteiger partial charge in [0.2, 0.25) is 0 Å². The maximum atomic E-state index is 12.9. The van der Waals surface area contributed by atoms with Gasteiger partial charge in [-0.3, -0.25) is 4.31 Å². The van der Waals surface area contributed by atoms with Crippen LogP contribution in [0.5, 0.6) is 0 Å². The maximum absolute atomic E-state index is 12.9. The number of anilines is 1. The molecule has 3 nitrogen and oxygen atoms in total. The Kier molecular flexibility index (Phi) is 5.15. The summed E-state index contributed by atoms with van der Waals surface area (Å²) in [5.74, 6) is 0. The van der Waals surface area contributed by atoms with E-state index in [2.05, 4.69) is 0 Å². The van der Waals surface area contributed by atoms with Crippen LogP contribution in [0.1, 0.15) is 18.1 Å². The van der Waals surface area contributed by atoms with Crippen LogP contribution in [0.25, 0.3) is 0 Å². The Morgan fingerprint density at radius 1 is 1.12 bits per heavy atom. The number of nitrogens with zero attached hydrogens (tertiary/aromatic N) is 1. The number of alkyl halides is 3. The van der Waals surface area contributed by atoms with Crippen molar-refractivity contribution in [2.75, 3.05) is 10.8 Å². The molecule has 2 aromatic rings. The van der Waals surface area contributed by atoms with Gasteiger partial charge in [-0.15, -0.1) is 0 Å². The number of sulfonamides is 1. The molecule has 0 fully saturated rings. The minimum atomic E-state index is -4.66. The van der Waals surface area contributed by atoms with E-state index in [-0.39, 0.29) is 11.6 Å². The highest BCUT2D eigenvalue weighted by Crippen LogP contribution is 2.35. The molecule has 0 amide bonds. The molecule has 2 aromatic carbocycles. The fourth-order valence-corrected chi connectivity index (χ4v) is 4.24. The Hall–Kier alpha value is -1.73. The molecule has 0 bridgehead atoms. The first-order valence-electron chi connectivity index (χ1n) is 7.03. The average molecular weight is 378 g/mol. The summed E-state index contributed by atoms with van der Waals surface area (Å²) in [6.45, 7) is 3.45. The van der Waals surface area contributed by atoms with Crippen LogP contribution < -0.4 is 4.31 Å². The SMILES string of the molecule is CCN(c1cccc(C)c1)S(=O)(=O)c1cc(C(F)(F)F)ccc1Cl. The zero-order valence-corrected chi connectivity index (χ0v) is 14.5. The third-order valence-electron chi connectivity index (χ3n) is 3.40. The molecule has 0 aliphatic carbocycles. The van der Waals surface area contributed by atoms with E-state index in [1.807, 2.05) is 0 Å². The van der Waals surface area contributed by atoms with Gasteiger partial charge >= 0.3 is 6.18 Å². The standard InChI is InChI=1S/C16H15ClF3NO2S/c1-3-21(13-6-4-5-11(2)9-13)24(22,23)15-10-12(16(18,19)20)7-8-14(15)17/h4-10H,3H2,1-2H3. The van der Waals surface area contributed by atoms with Crippen LogP contribution in [0.15, 0.2) is 47.4 Å². The van der Waals surface area contributed by atoms with Crippen LogP contribution >= 0.6 is 11.6 Å². The summed E-state index contributed by atoms with van der Waals surface area (Å²) in [7, 11) is -4.23. The number of halogens is 4. The normalized spacial score (nSPS) is 12.2. The van der Waals surface area contributed by atoms with E-state index in [0.29, 0.717) is 11.8 Å². The van der Waals surface area contributed by atoms with Gasteiger partial charge in [-0.1, -0.05) is 23.7 Å². The van der Waals surface area contributed by atoms with E-state index >= 15 is 0 Å². The number of hydrogen-bond donors (Lipinski definition) is 0. The predicted octanol–water partition coefficient (Wildman–Crippen LogP) is 4.88. The third-order valence-corrected chi connectivity index (χ3v) is 5.79. The quantitative estimate of drug-likeness (QED) is 0.761. The summed E-state index contributed by atoms with van der Waals surface area (Å²) in [6, 6.07) is 8.96. The highest BCUT2D eigenvalue weighted by molar-refractivity contribution is 7.93. The summed E-state index contributed by atoms with van der Waals surface area (Å²) in [5, 5.41) is -0.255. The van der Waals surface area contributed by atoms with Crippen molar-refractivity contribution < 1.29 is 21.6 Å². The minimum absolute atomic E-state index is 0.0539. The smallest absolute Gasteiger partial charge is 0.267 e. The van der Waals surface area contributed by atoms with Gasteiger partial charge in [-0.05, 0) is 49.7 Å². The van der Waals surface area contributed by atoms with Crippen LogP contribution in [-0.4, -0.2) is 15.0 Å². The minimum Gasteiger partial charge on any atom is -0.267 e. The van der Waals surface area contributed by atoms with Crippen LogP contribution in [0.3, 0.4) is 0 Å². The van der Waals surface area contributed by atoms with Gasteiger partial charge in [0.1, 0.15) is 4.90 Å². The van der Waals surface area contributed by atoms with E-state index in [9.17, 15) is 21.6 Å². The molecule has 0 aromatic heterocycles. The number of hydrogen-bond acceptors (Lipinski definition) is 2. The van der Waals surface area contributed by atoms with E-state index in [1.165, 1.54) is 0 Å². The molecule has 2 rings (SSSR count). The first-order valence-corrected chi connectivity index (χ1v) is 8.85. The molecule has 0 heterocycles. The van der Waals surface area contributed by atoms with Crippen LogP contribution in [0.4, 0.5) is 18.9 Å². The molecule has 0 saturated heterocycles. The second kappa shape index (κ2) is 6.64. The molecular weight excluding hydrogens is 363 g/mol. The van der Waals surface area contributed by atoms with Crippen molar-refractivity contribution in [3.8, 4) is 0 Å². The van der Waals surface area contributed by atoms with Crippen molar-refractivity contribution >= 4 is 27.3 Å². The Labute approximate surface area is 143 Å². The first kappa shape index (κ1) is 18.6. The molecule has 0 radical (unpaired) electrons. The highest BCUT2D eigenvalue weighted by atomic mass is 35.5. The third kappa shape index (κ3) is 3.67. The monoisotopic (exact) mass is 377 g/mol. The van der Waals surface area contributed by atoms with Gasteiger partial charge in [0.15, 0.2) is 0 Å². The van der Waals surface area contributed by atoms with E-state index in [0.717, 1.165) is 22.0 Å². The fraction of sp³-hybridized carbons (Fsp3) is 0.250. The lowest BCUT2D eigenvalue weighted by molar-refractivity contribution is -0.137. The molecule has 24 heavy (non-hydrogen) atoms. The molecule has 0 saturated carbocycles. The molecule has 0 aliphatic heterocycles. The summed E-state index contributed by atoms with van der Waals surface area (Å²) in [6.07, 6.45) is -4.66. The topological polar surface area (TPSA) is 37.4 Å². The van der Waals surface area contributed by atoms with Gasteiger partial charge < -0.3 is 0 Å². The van der Waals surface area contributed by atoms with Gasteiger partial charge in [-0.25, -0.2) is 8.42 Å². The molecule has 0 aliphatic rings. The molecule has 0 unspecified atom stereocenters. The van der Waals surface area contributed by atoms with Gasteiger partial charge in [-0.2, -0.15) is 13.2 Å². The van der Waals surface area contributed by atoms with Crippen LogP contribution in [-0.2, 0) is 16.2 Å². The molecule has 130 valence electrons. The number of rotatable bonds is 4. The van der Waals surface area contributed by atoms with E-state index < -0.39 is 26.7 Å². The number of aryl methyl sites for hydroxylation is 1. The Bertz CT molecular complexity index is 851. The first-order chi connectivity index (χ1) is 11.1. The Morgan fingerprint density at radius 2 is 1.79 bits per heavy atom. The van der Waals surface area contributed by atoms with Crippen LogP contribution in [0, 0.1) is 6.92 Å². The van der Waals surface area contributed by atoms with Gasteiger partial charge in [0.25, 0.3) is 10.0 Å². The Balaban J connectivity index is 2.60. The predicted molar refractivity (Wildman–Crippen MR) is 87.8 cm³/mol. The zero-order chi connectivity index (χ0) is 18.1. The van der Waals surface area contributed by atoms with Crippen molar-refractivity contribution in [2.24, 2.45) is 0 Å². The van der Waals surface area contributed by atoms with Gasteiger partial charge in [0.05, 0.1) is 16.3 Å². The summed E-state index contributed by atoms with van der Waals surface area (Å²) in [5.41, 5.74) is 0.132. The number of benzene rings is 2. The second-order valence-corrected chi connectivity index (χ2v) is 7.39. The highest BCUT2D eigenvalue weighted by Gasteiger charge is 2.34. The molecule has 0 N–H and O–H groups in total. The summed E-state index contributed by atoms with van der Waals surface area (Å²) < 4.78 is 65.4. The second-order valence-electron chi connectivity index (χ2n) is 5.15. The van der Waals surface area contributed by atoms with E-state index in [1.54, 1.807) is 38.1 Å². The summed E-state index contributed by atoms with van der Waals surface area (Å²) in [4.78, 5) is -0.567. The van der Waals surface area contributed by atoms with Crippen molar-refractivity contribution in [2.45, 2.75) is 24.9 Å².